The molecule has 3 atom stereocenters. The summed E-state index contributed by atoms with van der Waals surface area (Å²) in [6, 6.07) is 11.7. The molecule has 33 heavy (non-hydrogen) atoms. The molecule has 2 aliphatic heterocycles. The summed E-state index contributed by atoms with van der Waals surface area (Å²) in [5.74, 6) is 0.788. The van der Waals surface area contributed by atoms with E-state index in [1.165, 1.54) is 23.1 Å². The molecule has 1 aromatic heterocycles. The van der Waals surface area contributed by atoms with E-state index in [0.29, 0.717) is 28.7 Å². The second-order valence-electron chi connectivity index (χ2n) is 9.71. The minimum absolute atomic E-state index is 0.00342. The number of carbonyl (C=O) groups is 2. The van der Waals surface area contributed by atoms with E-state index in [9.17, 15) is 14.4 Å². The maximum atomic E-state index is 13.4. The molecular formula is C26H34N4O3. The Balaban J connectivity index is 1.38. The molecule has 7 heteroatoms. The fourth-order valence-electron chi connectivity index (χ4n) is 5.45. The van der Waals surface area contributed by atoms with Crippen LogP contribution in [0, 0.1) is 25.7 Å². The predicted molar refractivity (Wildman–Crippen MR) is 128 cm³/mol. The van der Waals surface area contributed by atoms with Gasteiger partial charge in [0.2, 0.25) is 0 Å². The third kappa shape index (κ3) is 4.94. The molecule has 0 radical (unpaired) electrons. The topological polar surface area (TPSA) is 88.6 Å². The van der Waals surface area contributed by atoms with Crippen molar-refractivity contribution in [3.8, 4) is 0 Å². The summed E-state index contributed by atoms with van der Waals surface area (Å²) >= 11 is 0. The first-order chi connectivity index (χ1) is 15.7. The molecule has 2 N–H and O–H groups in total. The highest BCUT2D eigenvalue weighted by molar-refractivity contribution is 5.97. The minimum Gasteiger partial charge on any atom is -0.338 e. The summed E-state index contributed by atoms with van der Waals surface area (Å²) in [6.07, 6.45) is 0.919. The van der Waals surface area contributed by atoms with Gasteiger partial charge in [-0.15, -0.1) is 0 Å². The molecule has 0 bridgehead atoms. The number of ketones is 1. The lowest BCUT2D eigenvalue weighted by atomic mass is 10.0. The lowest BCUT2D eigenvalue weighted by Gasteiger charge is -2.24. The zero-order valence-corrected chi connectivity index (χ0v) is 19.8. The van der Waals surface area contributed by atoms with E-state index in [1.807, 2.05) is 23.1 Å². The van der Waals surface area contributed by atoms with Crippen molar-refractivity contribution >= 4 is 11.7 Å². The van der Waals surface area contributed by atoms with E-state index >= 15 is 0 Å². The molecule has 1 aromatic carbocycles. The van der Waals surface area contributed by atoms with Gasteiger partial charge < -0.3 is 20.1 Å². The van der Waals surface area contributed by atoms with Gasteiger partial charge in [-0.1, -0.05) is 30.3 Å². The number of likely N-dealkylation sites (tertiary alicyclic amines) is 2. The quantitative estimate of drug-likeness (QED) is 0.698. The first-order valence-electron chi connectivity index (χ1n) is 11.8. The van der Waals surface area contributed by atoms with Gasteiger partial charge in [-0.3, -0.25) is 14.4 Å². The zero-order chi connectivity index (χ0) is 23.7. The predicted octanol–water partition coefficient (Wildman–Crippen LogP) is 2.15. The second kappa shape index (κ2) is 9.61. The number of Topliss-reactive ketones (excluding diaryl/α,β-unsaturated/α-hetero) is 1. The number of carbonyl (C=O) groups excluding carboxylic acids is 2. The number of nitrogens with zero attached hydrogens (tertiary/aromatic N) is 3. The maximum absolute atomic E-state index is 13.4. The highest BCUT2D eigenvalue weighted by Gasteiger charge is 2.42. The molecule has 176 valence electrons. The molecule has 7 nitrogen and oxygen atoms in total. The largest absolute Gasteiger partial charge is 0.338 e. The van der Waals surface area contributed by atoms with Crippen molar-refractivity contribution in [3.05, 3.63) is 69.1 Å². The minimum atomic E-state index is -0.237. The first-order valence-corrected chi connectivity index (χ1v) is 11.8. The third-order valence-corrected chi connectivity index (χ3v) is 7.19. The number of pyridine rings is 1. The van der Waals surface area contributed by atoms with Gasteiger partial charge in [0.15, 0.2) is 0 Å². The number of benzene rings is 1. The summed E-state index contributed by atoms with van der Waals surface area (Å²) in [5.41, 5.74) is 9.12. The van der Waals surface area contributed by atoms with Crippen LogP contribution in [0.25, 0.3) is 0 Å². The Hall–Kier alpha value is -2.77. The summed E-state index contributed by atoms with van der Waals surface area (Å²) in [5, 5.41) is 0. The van der Waals surface area contributed by atoms with E-state index in [-0.39, 0.29) is 29.8 Å². The Morgan fingerprint density at radius 2 is 1.70 bits per heavy atom. The van der Waals surface area contributed by atoms with Crippen LogP contribution < -0.4 is 11.3 Å². The number of hydrogen-bond acceptors (Lipinski definition) is 5. The van der Waals surface area contributed by atoms with Crippen molar-refractivity contribution in [2.45, 2.75) is 39.8 Å². The average molecular weight is 451 g/mol. The smallest absolute Gasteiger partial charge is 0.255 e. The van der Waals surface area contributed by atoms with Gasteiger partial charge in [-0.05, 0) is 56.7 Å². The summed E-state index contributed by atoms with van der Waals surface area (Å²) in [6.45, 7) is 9.41. The number of nitrogens with two attached hydrogens (primary N) is 1. The lowest BCUT2D eigenvalue weighted by molar-refractivity contribution is -0.117. The Morgan fingerprint density at radius 1 is 1.06 bits per heavy atom. The van der Waals surface area contributed by atoms with Crippen LogP contribution >= 0.6 is 0 Å². The highest BCUT2D eigenvalue weighted by atomic mass is 16.2. The molecule has 1 amide bonds. The Morgan fingerprint density at radius 3 is 2.30 bits per heavy atom. The Kier molecular flexibility index (Phi) is 6.81. The second-order valence-corrected chi connectivity index (χ2v) is 9.71. The molecule has 2 fully saturated rings. The van der Waals surface area contributed by atoms with Gasteiger partial charge in [0.1, 0.15) is 5.78 Å². The number of aromatic nitrogens is 1. The first kappa shape index (κ1) is 23.4. The third-order valence-electron chi connectivity index (χ3n) is 7.19. The molecule has 2 saturated heterocycles. The Labute approximate surface area is 195 Å². The molecular weight excluding hydrogens is 416 g/mol. The van der Waals surface area contributed by atoms with Gasteiger partial charge in [-0.25, -0.2) is 0 Å². The maximum Gasteiger partial charge on any atom is 0.255 e. The summed E-state index contributed by atoms with van der Waals surface area (Å²) in [7, 11) is 0. The van der Waals surface area contributed by atoms with Gasteiger partial charge in [0.05, 0.1) is 12.1 Å². The normalized spacial score (nSPS) is 21.3. The van der Waals surface area contributed by atoms with Crippen LogP contribution in [0.2, 0.25) is 0 Å². The molecule has 4 rings (SSSR count). The van der Waals surface area contributed by atoms with Crippen molar-refractivity contribution in [1.29, 1.82) is 0 Å². The van der Waals surface area contributed by atoms with Crippen LogP contribution in [0.5, 0.6) is 0 Å². The molecule has 0 spiro atoms. The number of amides is 1. The summed E-state index contributed by atoms with van der Waals surface area (Å²) < 4.78 is 1.41. The molecule has 0 saturated carbocycles. The SMILES string of the molecule is CC(=O)Cn1c(C)c(C(=O)N2CC3CN(CC[C@H](N)c4ccccc4)CC3C2)c(C)cc1=O. The van der Waals surface area contributed by atoms with Crippen LogP contribution in [-0.2, 0) is 11.3 Å². The van der Waals surface area contributed by atoms with Crippen LogP contribution in [0.15, 0.2) is 41.2 Å². The average Bonchev–Trinajstić information content (AvgIpc) is 3.34. The van der Waals surface area contributed by atoms with Gasteiger partial charge in [0.25, 0.3) is 11.5 Å². The monoisotopic (exact) mass is 450 g/mol. The van der Waals surface area contributed by atoms with Crippen LogP contribution in [0.1, 0.15) is 46.6 Å². The standard InChI is InChI=1S/C26H34N4O3/c1-17-11-24(32)30(12-18(2)31)19(3)25(17)26(33)29-15-21-13-28(14-22(21)16-29)10-9-23(27)20-7-5-4-6-8-20/h4-8,11,21-23H,9-10,12-16,27H2,1-3H3/t21?,22?,23-/m0/s1. The van der Waals surface area contributed by atoms with Gasteiger partial charge in [0, 0.05) is 44.0 Å². The van der Waals surface area contributed by atoms with E-state index < -0.39 is 0 Å². The van der Waals surface area contributed by atoms with E-state index in [4.69, 9.17) is 5.73 Å². The van der Waals surface area contributed by atoms with Crippen LogP contribution in [0.3, 0.4) is 0 Å². The number of hydrogen-bond donors (Lipinski definition) is 1. The van der Waals surface area contributed by atoms with E-state index in [2.05, 4.69) is 17.0 Å². The lowest BCUT2D eigenvalue weighted by Crippen LogP contribution is -2.36. The van der Waals surface area contributed by atoms with E-state index in [0.717, 1.165) is 39.1 Å². The zero-order valence-electron chi connectivity index (χ0n) is 19.8. The highest BCUT2D eigenvalue weighted by Crippen LogP contribution is 2.33. The molecule has 3 heterocycles. The van der Waals surface area contributed by atoms with Crippen LogP contribution in [-0.4, -0.2) is 58.8 Å². The molecule has 2 aliphatic rings. The Bertz CT molecular complexity index is 1080. The fraction of sp³-hybridized carbons (Fsp3) is 0.500. The van der Waals surface area contributed by atoms with Crippen molar-refractivity contribution in [3.63, 3.8) is 0 Å². The van der Waals surface area contributed by atoms with E-state index in [1.54, 1.807) is 13.8 Å². The molecule has 2 unspecified atom stereocenters. The number of fused-ring (bicyclic) bond motifs is 1. The summed E-state index contributed by atoms with van der Waals surface area (Å²) in [4.78, 5) is 41.8. The van der Waals surface area contributed by atoms with Gasteiger partial charge >= 0.3 is 0 Å². The molecule has 0 aliphatic carbocycles. The van der Waals surface area contributed by atoms with Gasteiger partial charge in [-0.2, -0.15) is 0 Å². The van der Waals surface area contributed by atoms with Crippen molar-refractivity contribution in [2.24, 2.45) is 17.6 Å². The van der Waals surface area contributed by atoms with Crippen molar-refractivity contribution in [1.82, 2.24) is 14.4 Å². The number of rotatable bonds is 7. The molecule has 2 aromatic rings. The van der Waals surface area contributed by atoms with Crippen molar-refractivity contribution < 1.29 is 9.59 Å². The van der Waals surface area contributed by atoms with Crippen LogP contribution in [0.4, 0.5) is 0 Å². The fourth-order valence-corrected chi connectivity index (χ4v) is 5.45. The number of aryl methyl sites for hydroxylation is 1. The van der Waals surface area contributed by atoms with Crippen molar-refractivity contribution in [2.75, 3.05) is 32.7 Å².